The largest absolute Gasteiger partial charge is 0.249 e. The lowest BCUT2D eigenvalue weighted by Gasteiger charge is -2.31. The molecule has 1 aliphatic carbocycles. The second-order valence-corrected chi connectivity index (χ2v) is 6.85. The fourth-order valence-corrected chi connectivity index (χ4v) is 4.32. The van der Waals surface area contributed by atoms with Gasteiger partial charge in [0, 0.05) is 15.9 Å². The second kappa shape index (κ2) is 6.58. The molecule has 0 bridgehead atoms. The standard InChI is InChI=1S/C14H17BrN2S/c1-2-10-5-6-11(9-16)13(8-10)18-14-12(15)4-3-7-17-14/h3-4,7,10-11,13H,2,5-6,8H2,1H3. The van der Waals surface area contributed by atoms with Gasteiger partial charge in [-0.25, -0.2) is 4.98 Å². The van der Waals surface area contributed by atoms with E-state index in [2.05, 4.69) is 33.9 Å². The lowest BCUT2D eigenvalue weighted by molar-refractivity contribution is 0.317. The molecule has 1 saturated carbocycles. The van der Waals surface area contributed by atoms with Gasteiger partial charge in [-0.1, -0.05) is 13.3 Å². The SMILES string of the molecule is CCC1CCC(C#N)C(Sc2ncccc2Br)C1. The summed E-state index contributed by atoms with van der Waals surface area (Å²) in [5.41, 5.74) is 0. The number of aromatic nitrogens is 1. The Morgan fingerprint density at radius 3 is 3.06 bits per heavy atom. The summed E-state index contributed by atoms with van der Waals surface area (Å²) in [6, 6.07) is 6.41. The number of rotatable bonds is 3. The fourth-order valence-electron chi connectivity index (χ4n) is 2.46. The van der Waals surface area contributed by atoms with Gasteiger partial charge in [0.15, 0.2) is 0 Å². The molecule has 1 aromatic heterocycles. The van der Waals surface area contributed by atoms with Gasteiger partial charge in [-0.3, -0.25) is 0 Å². The molecule has 3 atom stereocenters. The van der Waals surface area contributed by atoms with E-state index in [1.54, 1.807) is 11.8 Å². The quantitative estimate of drug-likeness (QED) is 0.811. The Morgan fingerprint density at radius 2 is 2.39 bits per heavy atom. The minimum absolute atomic E-state index is 0.173. The van der Waals surface area contributed by atoms with Gasteiger partial charge in [-0.15, -0.1) is 11.8 Å². The molecule has 4 heteroatoms. The molecule has 96 valence electrons. The third-order valence-electron chi connectivity index (χ3n) is 3.63. The molecule has 2 nitrogen and oxygen atoms in total. The Labute approximate surface area is 121 Å². The molecule has 2 rings (SSSR count). The molecule has 18 heavy (non-hydrogen) atoms. The summed E-state index contributed by atoms with van der Waals surface area (Å²) >= 11 is 5.29. The van der Waals surface area contributed by atoms with Crippen LogP contribution in [0.15, 0.2) is 27.8 Å². The van der Waals surface area contributed by atoms with Crippen molar-refractivity contribution in [3.8, 4) is 6.07 Å². The van der Waals surface area contributed by atoms with Gasteiger partial charge >= 0.3 is 0 Å². The zero-order valence-electron chi connectivity index (χ0n) is 10.5. The Balaban J connectivity index is 2.10. The zero-order chi connectivity index (χ0) is 13.0. The smallest absolute Gasteiger partial charge is 0.110 e. The summed E-state index contributed by atoms with van der Waals surface area (Å²) in [7, 11) is 0. The molecule has 0 amide bonds. The summed E-state index contributed by atoms with van der Waals surface area (Å²) in [5.74, 6) is 0.946. The summed E-state index contributed by atoms with van der Waals surface area (Å²) < 4.78 is 1.03. The van der Waals surface area contributed by atoms with E-state index in [1.165, 1.54) is 12.8 Å². The highest BCUT2D eigenvalue weighted by atomic mass is 79.9. The molecule has 1 heterocycles. The van der Waals surface area contributed by atoms with Crippen LogP contribution in [0, 0.1) is 23.2 Å². The monoisotopic (exact) mass is 324 g/mol. The van der Waals surface area contributed by atoms with Crippen LogP contribution < -0.4 is 0 Å². The van der Waals surface area contributed by atoms with Gasteiger partial charge < -0.3 is 0 Å². The summed E-state index contributed by atoms with van der Waals surface area (Å²) in [5, 5.41) is 10.7. The van der Waals surface area contributed by atoms with Crippen molar-refractivity contribution >= 4 is 27.7 Å². The first-order chi connectivity index (χ1) is 8.74. The first-order valence-electron chi connectivity index (χ1n) is 6.41. The van der Waals surface area contributed by atoms with Crippen molar-refractivity contribution in [3.63, 3.8) is 0 Å². The van der Waals surface area contributed by atoms with E-state index in [0.717, 1.165) is 28.3 Å². The second-order valence-electron chi connectivity index (χ2n) is 4.77. The molecule has 1 fully saturated rings. The number of nitrogens with zero attached hydrogens (tertiary/aromatic N) is 2. The number of hydrogen-bond donors (Lipinski definition) is 0. The van der Waals surface area contributed by atoms with Crippen molar-refractivity contribution in [1.29, 1.82) is 5.26 Å². The molecule has 0 spiro atoms. The van der Waals surface area contributed by atoms with E-state index in [9.17, 15) is 5.26 Å². The molecule has 0 aromatic carbocycles. The normalized spacial score (nSPS) is 27.7. The van der Waals surface area contributed by atoms with E-state index in [0.29, 0.717) is 5.25 Å². The topological polar surface area (TPSA) is 36.7 Å². The van der Waals surface area contributed by atoms with Crippen molar-refractivity contribution in [2.75, 3.05) is 0 Å². The van der Waals surface area contributed by atoms with Crippen LogP contribution >= 0.6 is 27.7 Å². The number of hydrogen-bond acceptors (Lipinski definition) is 3. The van der Waals surface area contributed by atoms with Crippen molar-refractivity contribution in [2.24, 2.45) is 11.8 Å². The summed E-state index contributed by atoms with van der Waals surface area (Å²) in [6.45, 7) is 2.25. The number of halogens is 1. The maximum absolute atomic E-state index is 9.27. The number of nitriles is 1. The fraction of sp³-hybridized carbons (Fsp3) is 0.571. The van der Waals surface area contributed by atoms with Gasteiger partial charge in [-0.05, 0) is 53.2 Å². The summed E-state index contributed by atoms with van der Waals surface area (Å²) in [4.78, 5) is 4.40. The van der Waals surface area contributed by atoms with E-state index in [-0.39, 0.29) is 5.92 Å². The third-order valence-corrected chi connectivity index (χ3v) is 5.91. The molecular formula is C14H17BrN2S. The number of thioether (sulfide) groups is 1. The van der Waals surface area contributed by atoms with Gasteiger partial charge in [0.1, 0.15) is 5.03 Å². The van der Waals surface area contributed by atoms with Gasteiger partial charge in [0.25, 0.3) is 0 Å². The van der Waals surface area contributed by atoms with Crippen LogP contribution in [-0.2, 0) is 0 Å². The maximum atomic E-state index is 9.27. The molecular weight excluding hydrogens is 308 g/mol. The highest BCUT2D eigenvalue weighted by Crippen LogP contribution is 2.41. The Hall–Kier alpha value is -0.530. The van der Waals surface area contributed by atoms with Crippen molar-refractivity contribution in [3.05, 3.63) is 22.8 Å². The Bertz CT molecular complexity index is 444. The molecule has 0 aliphatic heterocycles. The van der Waals surface area contributed by atoms with Gasteiger partial charge in [0.05, 0.1) is 12.0 Å². The first kappa shape index (κ1) is 13.9. The first-order valence-corrected chi connectivity index (χ1v) is 8.08. The highest BCUT2D eigenvalue weighted by Gasteiger charge is 2.31. The van der Waals surface area contributed by atoms with Crippen molar-refractivity contribution in [2.45, 2.75) is 42.9 Å². The van der Waals surface area contributed by atoms with Crippen molar-refractivity contribution < 1.29 is 0 Å². The van der Waals surface area contributed by atoms with Crippen LogP contribution in [0.1, 0.15) is 32.6 Å². The minimum Gasteiger partial charge on any atom is -0.249 e. The average Bonchev–Trinajstić information content (AvgIpc) is 2.41. The molecule has 0 saturated heterocycles. The molecule has 1 aliphatic rings. The van der Waals surface area contributed by atoms with Crippen LogP contribution in [0.2, 0.25) is 0 Å². The average molecular weight is 325 g/mol. The van der Waals surface area contributed by atoms with E-state index >= 15 is 0 Å². The highest BCUT2D eigenvalue weighted by molar-refractivity contribution is 9.10. The van der Waals surface area contributed by atoms with E-state index in [1.807, 2.05) is 18.3 Å². The van der Waals surface area contributed by atoms with Crippen molar-refractivity contribution in [1.82, 2.24) is 4.98 Å². The van der Waals surface area contributed by atoms with Crippen LogP contribution in [0.5, 0.6) is 0 Å². The molecule has 3 unspecified atom stereocenters. The molecule has 1 aromatic rings. The lowest BCUT2D eigenvalue weighted by atomic mass is 9.81. The van der Waals surface area contributed by atoms with E-state index < -0.39 is 0 Å². The molecule has 0 radical (unpaired) electrons. The minimum atomic E-state index is 0.173. The Morgan fingerprint density at radius 1 is 1.56 bits per heavy atom. The predicted octanol–water partition coefficient (Wildman–Crippen LogP) is 4.65. The summed E-state index contributed by atoms with van der Waals surface area (Å²) in [6.07, 6.45) is 6.42. The van der Waals surface area contributed by atoms with Gasteiger partial charge in [0.2, 0.25) is 0 Å². The molecule has 0 N–H and O–H groups in total. The van der Waals surface area contributed by atoms with E-state index in [4.69, 9.17) is 0 Å². The number of pyridine rings is 1. The Kier molecular flexibility index (Phi) is 5.08. The van der Waals surface area contributed by atoms with Crippen LogP contribution in [0.3, 0.4) is 0 Å². The predicted molar refractivity (Wildman–Crippen MR) is 78.3 cm³/mol. The third kappa shape index (κ3) is 3.27. The lowest BCUT2D eigenvalue weighted by Crippen LogP contribution is -2.26. The van der Waals surface area contributed by atoms with Crippen LogP contribution in [0.4, 0.5) is 0 Å². The zero-order valence-corrected chi connectivity index (χ0v) is 12.9. The van der Waals surface area contributed by atoms with Crippen LogP contribution in [0.25, 0.3) is 0 Å². The van der Waals surface area contributed by atoms with Crippen LogP contribution in [-0.4, -0.2) is 10.2 Å². The maximum Gasteiger partial charge on any atom is 0.110 e. The van der Waals surface area contributed by atoms with Gasteiger partial charge in [-0.2, -0.15) is 5.26 Å².